The van der Waals surface area contributed by atoms with Gasteiger partial charge >= 0.3 is 0 Å². The van der Waals surface area contributed by atoms with Crippen LogP contribution >= 0.6 is 0 Å². The number of benzene rings is 1. The average molecular weight is 397 g/mol. The van der Waals surface area contributed by atoms with Crippen LogP contribution in [0.3, 0.4) is 0 Å². The molecule has 0 aromatic heterocycles. The van der Waals surface area contributed by atoms with E-state index in [1.807, 2.05) is 6.08 Å². The second-order valence-electron chi connectivity index (χ2n) is 9.10. The quantitative estimate of drug-likeness (QED) is 0.346. The Morgan fingerprint density at radius 1 is 1.21 bits per heavy atom. The molecule has 29 heavy (non-hydrogen) atoms. The minimum Gasteiger partial charge on any atom is -0.368 e. The van der Waals surface area contributed by atoms with Gasteiger partial charge in [-0.3, -0.25) is 0 Å². The number of rotatable bonds is 13. The molecule has 2 heteroatoms. The maximum Gasteiger partial charge on any atom is 0.0356 e. The first-order chi connectivity index (χ1) is 14.0. The highest BCUT2D eigenvalue weighted by atomic mass is 15.2. The van der Waals surface area contributed by atoms with Crippen molar-refractivity contribution in [3.05, 3.63) is 60.3 Å². The van der Waals surface area contributed by atoms with Gasteiger partial charge in [0.15, 0.2) is 0 Å². The summed E-state index contributed by atoms with van der Waals surface area (Å²) in [7, 11) is 0. The van der Waals surface area contributed by atoms with E-state index in [0.717, 1.165) is 25.3 Å². The lowest BCUT2D eigenvalue weighted by Gasteiger charge is -2.40. The van der Waals surface area contributed by atoms with Crippen molar-refractivity contribution < 1.29 is 0 Å². The van der Waals surface area contributed by atoms with E-state index in [4.69, 9.17) is 0 Å². The lowest BCUT2D eigenvalue weighted by atomic mass is 9.98. The van der Waals surface area contributed by atoms with Gasteiger partial charge in [0.1, 0.15) is 0 Å². The molecule has 0 saturated carbocycles. The lowest BCUT2D eigenvalue weighted by molar-refractivity contribution is 0.133. The number of nitrogens with zero attached hydrogens (tertiary/aromatic N) is 2. The minimum atomic E-state index is 0.618. The van der Waals surface area contributed by atoms with E-state index in [1.165, 1.54) is 75.0 Å². The Labute approximate surface area is 180 Å². The summed E-state index contributed by atoms with van der Waals surface area (Å²) in [5.74, 6) is 0.867. The number of aryl methyl sites for hydroxylation is 2. The zero-order valence-electron chi connectivity index (χ0n) is 19.3. The van der Waals surface area contributed by atoms with Gasteiger partial charge in [0.05, 0.1) is 0 Å². The average Bonchev–Trinajstić information content (AvgIpc) is 2.74. The third-order valence-corrected chi connectivity index (χ3v) is 6.54. The number of hydrogen-bond acceptors (Lipinski definition) is 2. The van der Waals surface area contributed by atoms with Gasteiger partial charge in [-0.2, -0.15) is 0 Å². The van der Waals surface area contributed by atoms with Crippen LogP contribution in [0.4, 0.5) is 0 Å². The summed E-state index contributed by atoms with van der Waals surface area (Å²) in [6, 6.07) is 9.53. The summed E-state index contributed by atoms with van der Waals surface area (Å²) in [6.07, 6.45) is 12.1. The summed E-state index contributed by atoms with van der Waals surface area (Å²) < 4.78 is 0. The normalized spacial score (nSPS) is 16.5. The van der Waals surface area contributed by atoms with Crippen molar-refractivity contribution in [2.24, 2.45) is 5.92 Å². The molecule has 0 amide bonds. The molecular weight excluding hydrogens is 352 g/mol. The smallest absolute Gasteiger partial charge is 0.0356 e. The molecule has 1 heterocycles. The Morgan fingerprint density at radius 3 is 2.52 bits per heavy atom. The highest BCUT2D eigenvalue weighted by Crippen LogP contribution is 2.23. The van der Waals surface area contributed by atoms with E-state index in [-0.39, 0.29) is 0 Å². The molecule has 1 fully saturated rings. The van der Waals surface area contributed by atoms with Crippen LogP contribution in [0, 0.1) is 12.8 Å². The van der Waals surface area contributed by atoms with Crippen molar-refractivity contribution >= 4 is 0 Å². The zero-order chi connectivity index (χ0) is 21.1. The Kier molecular flexibility index (Phi) is 10.6. The first kappa shape index (κ1) is 23.7. The molecule has 1 aliphatic rings. The van der Waals surface area contributed by atoms with E-state index < -0.39 is 0 Å². The summed E-state index contributed by atoms with van der Waals surface area (Å²) in [5.41, 5.74) is 4.01. The number of unbranched alkanes of at least 4 members (excludes halogenated alkanes) is 1. The van der Waals surface area contributed by atoms with Gasteiger partial charge in [-0.25, -0.2) is 0 Å². The van der Waals surface area contributed by atoms with E-state index in [9.17, 15) is 0 Å². The molecule has 2 rings (SSSR count). The molecule has 0 bridgehead atoms. The molecule has 1 atom stereocenters. The number of hydrogen-bond donors (Lipinski definition) is 0. The molecule has 0 aliphatic carbocycles. The van der Waals surface area contributed by atoms with Gasteiger partial charge < -0.3 is 9.80 Å². The molecule has 1 unspecified atom stereocenters. The Morgan fingerprint density at radius 2 is 1.90 bits per heavy atom. The molecule has 0 N–H and O–H groups in total. The van der Waals surface area contributed by atoms with Gasteiger partial charge in [-0.1, -0.05) is 75.6 Å². The number of likely N-dealkylation sites (tertiary alicyclic amines) is 1. The molecule has 1 aliphatic heterocycles. The van der Waals surface area contributed by atoms with Crippen molar-refractivity contribution in [3.8, 4) is 0 Å². The second-order valence-corrected chi connectivity index (χ2v) is 9.10. The summed E-state index contributed by atoms with van der Waals surface area (Å²) in [5, 5.41) is 0. The second kappa shape index (κ2) is 12.9. The van der Waals surface area contributed by atoms with Gasteiger partial charge in [0.25, 0.3) is 0 Å². The lowest BCUT2D eigenvalue weighted by Crippen LogP contribution is -2.44. The summed E-state index contributed by atoms with van der Waals surface area (Å²) >= 11 is 0. The van der Waals surface area contributed by atoms with Crippen molar-refractivity contribution in [2.75, 3.05) is 26.2 Å². The van der Waals surface area contributed by atoms with Gasteiger partial charge in [0, 0.05) is 31.4 Å². The predicted octanol–water partition coefficient (Wildman–Crippen LogP) is 6.61. The monoisotopic (exact) mass is 396 g/mol. The van der Waals surface area contributed by atoms with Crippen molar-refractivity contribution in [1.82, 2.24) is 9.80 Å². The van der Waals surface area contributed by atoms with Crippen LogP contribution in [0.5, 0.6) is 0 Å². The molecule has 0 spiro atoms. The zero-order valence-corrected chi connectivity index (χ0v) is 19.3. The summed E-state index contributed by atoms with van der Waals surface area (Å²) in [6.45, 7) is 20.0. The van der Waals surface area contributed by atoms with Crippen molar-refractivity contribution in [3.63, 3.8) is 0 Å². The topological polar surface area (TPSA) is 6.48 Å². The Hall–Kier alpha value is -1.54. The highest BCUT2D eigenvalue weighted by molar-refractivity contribution is 5.22. The molecule has 0 radical (unpaired) electrons. The molecular formula is C27H44N2. The van der Waals surface area contributed by atoms with Crippen LogP contribution in [0.2, 0.25) is 0 Å². The summed E-state index contributed by atoms with van der Waals surface area (Å²) in [4.78, 5) is 5.21. The van der Waals surface area contributed by atoms with Crippen LogP contribution in [-0.2, 0) is 6.42 Å². The van der Waals surface area contributed by atoms with Crippen LogP contribution in [-0.4, -0.2) is 42.0 Å². The van der Waals surface area contributed by atoms with Gasteiger partial charge in [-0.05, 0) is 57.1 Å². The van der Waals surface area contributed by atoms with Crippen LogP contribution in [0.25, 0.3) is 0 Å². The Balaban J connectivity index is 1.78. The third-order valence-electron chi connectivity index (χ3n) is 6.54. The largest absolute Gasteiger partial charge is 0.368 e. The number of piperidine rings is 1. The first-order valence-electron chi connectivity index (χ1n) is 11.9. The molecule has 1 aromatic carbocycles. The van der Waals surface area contributed by atoms with Crippen LogP contribution < -0.4 is 0 Å². The first-order valence-corrected chi connectivity index (χ1v) is 11.9. The molecule has 2 nitrogen and oxygen atoms in total. The van der Waals surface area contributed by atoms with E-state index in [1.54, 1.807) is 0 Å². The third kappa shape index (κ3) is 8.38. The highest BCUT2D eigenvalue weighted by Gasteiger charge is 2.24. The predicted molar refractivity (Wildman–Crippen MR) is 128 cm³/mol. The maximum atomic E-state index is 4.45. The van der Waals surface area contributed by atoms with Crippen molar-refractivity contribution in [1.29, 1.82) is 0 Å². The molecule has 1 saturated heterocycles. The van der Waals surface area contributed by atoms with Crippen LogP contribution in [0.15, 0.2) is 49.2 Å². The van der Waals surface area contributed by atoms with Crippen LogP contribution in [0.1, 0.15) is 69.9 Å². The van der Waals surface area contributed by atoms with E-state index in [0.29, 0.717) is 6.04 Å². The van der Waals surface area contributed by atoms with E-state index >= 15 is 0 Å². The SMILES string of the molecule is C=CCN(C(=C)CCc1ccc(C)cc1)C1CCN(CCC(C)CCCC)CC1. The fourth-order valence-electron chi connectivity index (χ4n) is 4.42. The number of allylic oxidation sites excluding steroid dienone is 1. The van der Waals surface area contributed by atoms with Gasteiger partial charge in [0.2, 0.25) is 0 Å². The standard InChI is InChI=1S/C27H44N2/c1-6-8-9-23(3)16-20-28-21-17-27(18-22-28)29(19-7-2)25(5)12-15-26-13-10-24(4)11-14-26/h7,10-11,13-14,23,27H,2,5-6,8-9,12,15-22H2,1,3-4H3. The fraction of sp³-hybridized carbons (Fsp3) is 0.630. The fourth-order valence-corrected chi connectivity index (χ4v) is 4.42. The van der Waals surface area contributed by atoms with E-state index in [2.05, 4.69) is 68.0 Å². The maximum absolute atomic E-state index is 4.45. The Bertz CT molecular complexity index is 595. The molecule has 162 valence electrons. The van der Waals surface area contributed by atoms with Crippen molar-refractivity contribution in [2.45, 2.75) is 78.2 Å². The molecule has 1 aromatic rings. The minimum absolute atomic E-state index is 0.618. The van der Waals surface area contributed by atoms with Gasteiger partial charge in [-0.15, -0.1) is 6.58 Å².